The quantitative estimate of drug-likeness (QED) is 0.665. The van der Waals surface area contributed by atoms with Gasteiger partial charge in [0.2, 0.25) is 0 Å². The Balaban J connectivity index is 0.000000531. The number of rotatable bonds is 0. The molecule has 0 fully saturated rings. The van der Waals surface area contributed by atoms with Gasteiger partial charge in [0.25, 0.3) is 0 Å². The highest BCUT2D eigenvalue weighted by molar-refractivity contribution is 5.99. The SMILES string of the molecule is CC.Nc1ccc2c(c1)OCCCC2=O. The van der Waals surface area contributed by atoms with Gasteiger partial charge in [-0.05, 0) is 18.6 Å². The lowest BCUT2D eigenvalue weighted by Gasteiger charge is -2.05. The van der Waals surface area contributed by atoms with E-state index in [1.165, 1.54) is 0 Å². The van der Waals surface area contributed by atoms with E-state index in [0.717, 1.165) is 6.42 Å². The lowest BCUT2D eigenvalue weighted by Crippen LogP contribution is -1.98. The molecule has 3 nitrogen and oxygen atoms in total. The van der Waals surface area contributed by atoms with Crippen molar-refractivity contribution in [3.05, 3.63) is 23.8 Å². The summed E-state index contributed by atoms with van der Waals surface area (Å²) in [5.41, 5.74) is 6.88. The maximum absolute atomic E-state index is 11.5. The van der Waals surface area contributed by atoms with Gasteiger partial charge in [-0.1, -0.05) is 13.8 Å². The molecule has 1 aromatic rings. The van der Waals surface area contributed by atoms with Crippen molar-refractivity contribution in [1.29, 1.82) is 0 Å². The molecule has 1 aliphatic heterocycles. The van der Waals surface area contributed by atoms with Crippen LogP contribution in [0.25, 0.3) is 0 Å². The van der Waals surface area contributed by atoms with Gasteiger partial charge in [0.05, 0.1) is 12.2 Å². The molecule has 0 saturated heterocycles. The maximum atomic E-state index is 11.5. The smallest absolute Gasteiger partial charge is 0.166 e. The first-order chi connectivity index (χ1) is 7.27. The van der Waals surface area contributed by atoms with E-state index >= 15 is 0 Å². The van der Waals surface area contributed by atoms with Gasteiger partial charge >= 0.3 is 0 Å². The molecule has 0 spiro atoms. The molecule has 0 unspecified atom stereocenters. The number of carbonyl (C=O) groups excluding carboxylic acids is 1. The number of ether oxygens (including phenoxy) is 1. The molecule has 2 N–H and O–H groups in total. The molecule has 1 aromatic carbocycles. The van der Waals surface area contributed by atoms with Crippen molar-refractivity contribution in [3.63, 3.8) is 0 Å². The van der Waals surface area contributed by atoms with E-state index in [9.17, 15) is 4.79 Å². The summed E-state index contributed by atoms with van der Waals surface area (Å²) in [6, 6.07) is 5.17. The van der Waals surface area contributed by atoms with E-state index in [0.29, 0.717) is 30.0 Å². The molecule has 1 aliphatic rings. The average Bonchev–Trinajstić information content (AvgIpc) is 2.43. The number of nitrogens with two attached hydrogens (primary N) is 1. The van der Waals surface area contributed by atoms with Gasteiger partial charge in [0, 0.05) is 18.2 Å². The van der Waals surface area contributed by atoms with Crippen LogP contribution in [0.2, 0.25) is 0 Å². The summed E-state index contributed by atoms with van der Waals surface area (Å²) in [6.07, 6.45) is 1.35. The number of carbonyl (C=O) groups is 1. The van der Waals surface area contributed by atoms with E-state index in [1.54, 1.807) is 18.2 Å². The lowest BCUT2D eigenvalue weighted by molar-refractivity contribution is 0.0983. The summed E-state index contributed by atoms with van der Waals surface area (Å²) in [5, 5.41) is 0. The van der Waals surface area contributed by atoms with Crippen molar-refractivity contribution in [3.8, 4) is 5.75 Å². The number of ketones is 1. The minimum Gasteiger partial charge on any atom is -0.493 e. The van der Waals surface area contributed by atoms with Crippen molar-refractivity contribution >= 4 is 11.5 Å². The summed E-state index contributed by atoms with van der Waals surface area (Å²) in [5.74, 6) is 0.773. The monoisotopic (exact) mass is 207 g/mol. The lowest BCUT2D eigenvalue weighted by atomic mass is 10.1. The zero-order valence-corrected chi connectivity index (χ0v) is 9.25. The Labute approximate surface area is 90.2 Å². The van der Waals surface area contributed by atoms with E-state index in [4.69, 9.17) is 10.5 Å². The van der Waals surface area contributed by atoms with Gasteiger partial charge in [-0.3, -0.25) is 4.79 Å². The van der Waals surface area contributed by atoms with Crippen LogP contribution < -0.4 is 10.5 Å². The number of hydrogen-bond acceptors (Lipinski definition) is 3. The van der Waals surface area contributed by atoms with E-state index < -0.39 is 0 Å². The Hall–Kier alpha value is -1.51. The molecule has 1 heterocycles. The summed E-state index contributed by atoms with van der Waals surface area (Å²) < 4.78 is 5.40. The molecule has 0 atom stereocenters. The second-order valence-electron chi connectivity index (χ2n) is 3.13. The van der Waals surface area contributed by atoms with Gasteiger partial charge in [-0.2, -0.15) is 0 Å². The Morgan fingerprint density at radius 1 is 1.33 bits per heavy atom. The van der Waals surface area contributed by atoms with Gasteiger partial charge < -0.3 is 10.5 Å². The van der Waals surface area contributed by atoms with Crippen molar-refractivity contribution in [1.82, 2.24) is 0 Å². The first kappa shape index (κ1) is 11.6. The van der Waals surface area contributed by atoms with E-state index in [2.05, 4.69) is 0 Å². The summed E-state index contributed by atoms with van der Waals surface area (Å²) >= 11 is 0. The fourth-order valence-corrected chi connectivity index (χ4v) is 1.44. The zero-order valence-electron chi connectivity index (χ0n) is 9.25. The predicted octanol–water partition coefficient (Wildman–Crippen LogP) is 2.65. The number of benzene rings is 1. The van der Waals surface area contributed by atoms with Crippen molar-refractivity contribution in [2.45, 2.75) is 26.7 Å². The van der Waals surface area contributed by atoms with Crippen molar-refractivity contribution in [2.75, 3.05) is 12.3 Å². The first-order valence-corrected chi connectivity index (χ1v) is 5.33. The second kappa shape index (κ2) is 5.39. The minimum atomic E-state index is 0.146. The van der Waals surface area contributed by atoms with Crippen LogP contribution in [-0.4, -0.2) is 12.4 Å². The van der Waals surface area contributed by atoms with E-state index in [-0.39, 0.29) is 5.78 Å². The number of Topliss-reactive ketones (excluding diaryl/α,β-unsaturated/α-hetero) is 1. The number of anilines is 1. The van der Waals surface area contributed by atoms with Crippen LogP contribution in [0.4, 0.5) is 5.69 Å². The third kappa shape index (κ3) is 2.72. The summed E-state index contributed by atoms with van der Waals surface area (Å²) in [7, 11) is 0. The molecule has 0 bridgehead atoms. The average molecular weight is 207 g/mol. The highest BCUT2D eigenvalue weighted by Gasteiger charge is 2.15. The Morgan fingerprint density at radius 3 is 2.80 bits per heavy atom. The third-order valence-corrected chi connectivity index (χ3v) is 2.11. The van der Waals surface area contributed by atoms with Crippen LogP contribution >= 0.6 is 0 Å². The van der Waals surface area contributed by atoms with Crippen LogP contribution in [0.3, 0.4) is 0 Å². The Bertz CT molecular complexity index is 347. The normalized spacial score (nSPS) is 14.1. The maximum Gasteiger partial charge on any atom is 0.166 e. The fourth-order valence-electron chi connectivity index (χ4n) is 1.44. The first-order valence-electron chi connectivity index (χ1n) is 5.33. The molecule has 0 aliphatic carbocycles. The van der Waals surface area contributed by atoms with Crippen LogP contribution in [-0.2, 0) is 0 Å². The molecule has 3 heteroatoms. The molecular weight excluding hydrogens is 190 g/mol. The van der Waals surface area contributed by atoms with Gasteiger partial charge in [0.15, 0.2) is 5.78 Å². The Morgan fingerprint density at radius 2 is 2.07 bits per heavy atom. The summed E-state index contributed by atoms with van der Waals surface area (Å²) in [6.45, 7) is 4.60. The molecular formula is C12H17NO2. The van der Waals surface area contributed by atoms with Crippen molar-refractivity contribution < 1.29 is 9.53 Å². The van der Waals surface area contributed by atoms with Gasteiger partial charge in [0.1, 0.15) is 5.75 Å². The second-order valence-corrected chi connectivity index (χ2v) is 3.13. The predicted molar refractivity (Wildman–Crippen MR) is 61.3 cm³/mol. The molecule has 82 valence electrons. The van der Waals surface area contributed by atoms with Crippen LogP contribution in [0.15, 0.2) is 18.2 Å². The molecule has 0 radical (unpaired) electrons. The standard InChI is InChI=1S/C10H11NO2.C2H6/c11-7-3-4-8-9(12)2-1-5-13-10(8)6-7;1-2/h3-4,6H,1-2,5,11H2;1-2H3. The minimum absolute atomic E-state index is 0.146. The van der Waals surface area contributed by atoms with E-state index in [1.807, 2.05) is 13.8 Å². The highest BCUT2D eigenvalue weighted by atomic mass is 16.5. The van der Waals surface area contributed by atoms with Gasteiger partial charge in [-0.15, -0.1) is 0 Å². The largest absolute Gasteiger partial charge is 0.493 e. The van der Waals surface area contributed by atoms with Crippen molar-refractivity contribution in [2.24, 2.45) is 0 Å². The van der Waals surface area contributed by atoms with Crippen LogP contribution in [0.1, 0.15) is 37.0 Å². The molecule has 0 aromatic heterocycles. The van der Waals surface area contributed by atoms with Crippen LogP contribution in [0, 0.1) is 0 Å². The zero-order chi connectivity index (χ0) is 11.3. The fraction of sp³-hybridized carbons (Fsp3) is 0.417. The third-order valence-electron chi connectivity index (χ3n) is 2.11. The highest BCUT2D eigenvalue weighted by Crippen LogP contribution is 2.26. The summed E-state index contributed by atoms with van der Waals surface area (Å²) in [4.78, 5) is 11.5. The number of nitrogen functional groups attached to an aromatic ring is 1. The number of hydrogen-bond donors (Lipinski definition) is 1. The molecule has 15 heavy (non-hydrogen) atoms. The molecule has 0 saturated carbocycles. The van der Waals surface area contributed by atoms with Crippen LogP contribution in [0.5, 0.6) is 5.75 Å². The van der Waals surface area contributed by atoms with Gasteiger partial charge in [-0.25, -0.2) is 0 Å². The Kier molecular flexibility index (Phi) is 4.16. The topological polar surface area (TPSA) is 52.3 Å². The molecule has 2 rings (SSSR count). The molecule has 0 amide bonds. The number of fused-ring (bicyclic) bond motifs is 1.